The van der Waals surface area contributed by atoms with Crippen LogP contribution in [0, 0.1) is 18.2 Å². The van der Waals surface area contributed by atoms with Crippen molar-refractivity contribution in [1.82, 2.24) is 4.98 Å². The second-order valence-electron chi connectivity index (χ2n) is 7.91. The van der Waals surface area contributed by atoms with Gasteiger partial charge in [-0.1, -0.05) is 49.6 Å². The van der Waals surface area contributed by atoms with Gasteiger partial charge in [0, 0.05) is 5.39 Å². The number of nitrogens with one attached hydrogen (secondary N) is 1. The van der Waals surface area contributed by atoms with Crippen LogP contribution < -0.4 is 5.32 Å². The van der Waals surface area contributed by atoms with Crippen molar-refractivity contribution in [2.24, 2.45) is 5.41 Å². The van der Waals surface area contributed by atoms with E-state index in [0.717, 1.165) is 60.0 Å². The summed E-state index contributed by atoms with van der Waals surface area (Å²) in [6.45, 7) is 1.93. The summed E-state index contributed by atoms with van der Waals surface area (Å²) in [6, 6.07) is 16.5. The largest absolute Gasteiger partial charge is 0.324 e. The van der Waals surface area contributed by atoms with E-state index in [0.29, 0.717) is 6.42 Å². The average Bonchev–Trinajstić information content (AvgIpc) is 2.71. The Morgan fingerprint density at radius 1 is 1.07 bits per heavy atom. The van der Waals surface area contributed by atoms with Gasteiger partial charge in [-0.05, 0) is 56.0 Å². The first-order chi connectivity index (χ1) is 13.6. The Bertz CT molecular complexity index is 991. The van der Waals surface area contributed by atoms with E-state index in [2.05, 4.69) is 10.3 Å². The zero-order valence-electron chi connectivity index (χ0n) is 16.2. The number of fused-ring (bicyclic) bond motifs is 1. The number of halogens is 1. The molecule has 1 aliphatic carbocycles. The van der Waals surface area contributed by atoms with Crippen molar-refractivity contribution in [3.8, 4) is 0 Å². The fourth-order valence-corrected chi connectivity index (χ4v) is 4.30. The van der Waals surface area contributed by atoms with Crippen molar-refractivity contribution in [1.29, 1.82) is 0 Å². The number of rotatable bonds is 4. The number of para-hydroxylation sites is 1. The van der Waals surface area contributed by atoms with E-state index in [1.807, 2.05) is 37.3 Å². The zero-order chi connectivity index (χ0) is 19.6. The number of aromatic nitrogens is 1. The Hall–Kier alpha value is -2.75. The summed E-state index contributed by atoms with van der Waals surface area (Å²) < 4.78 is 13.3. The molecular formula is C24H25FN2O. The molecule has 0 spiro atoms. The number of hydrogen-bond donors (Lipinski definition) is 1. The lowest BCUT2D eigenvalue weighted by Gasteiger charge is -2.36. The van der Waals surface area contributed by atoms with Gasteiger partial charge in [-0.15, -0.1) is 0 Å². The molecule has 144 valence electrons. The Kier molecular flexibility index (Phi) is 5.12. The van der Waals surface area contributed by atoms with E-state index in [1.54, 1.807) is 12.1 Å². The van der Waals surface area contributed by atoms with Crippen LogP contribution in [-0.2, 0) is 11.2 Å². The molecule has 2 aromatic carbocycles. The molecule has 3 aromatic rings. The second kappa shape index (κ2) is 7.70. The fourth-order valence-electron chi connectivity index (χ4n) is 4.30. The van der Waals surface area contributed by atoms with E-state index in [1.165, 1.54) is 12.1 Å². The lowest BCUT2D eigenvalue weighted by molar-refractivity contribution is -0.127. The Morgan fingerprint density at radius 3 is 2.54 bits per heavy atom. The molecule has 1 heterocycles. The monoisotopic (exact) mass is 376 g/mol. The number of pyridine rings is 1. The van der Waals surface area contributed by atoms with Gasteiger partial charge in [0.25, 0.3) is 0 Å². The Morgan fingerprint density at radius 2 is 1.79 bits per heavy atom. The van der Waals surface area contributed by atoms with Crippen LogP contribution in [0.4, 0.5) is 10.1 Å². The van der Waals surface area contributed by atoms with Gasteiger partial charge < -0.3 is 5.32 Å². The van der Waals surface area contributed by atoms with Gasteiger partial charge in [-0.25, -0.2) is 4.39 Å². The van der Waals surface area contributed by atoms with Crippen LogP contribution >= 0.6 is 0 Å². The van der Waals surface area contributed by atoms with Crippen LogP contribution in [0.25, 0.3) is 10.9 Å². The Labute approximate surface area is 165 Å². The van der Waals surface area contributed by atoms with E-state index >= 15 is 0 Å². The highest BCUT2D eigenvalue weighted by Crippen LogP contribution is 2.40. The van der Waals surface area contributed by atoms with Gasteiger partial charge in [0.05, 0.1) is 22.3 Å². The molecule has 1 N–H and O–H groups in total. The normalized spacial score (nSPS) is 16.1. The fraction of sp³-hybridized carbons (Fsp3) is 0.333. The van der Waals surface area contributed by atoms with Crippen LogP contribution in [0.5, 0.6) is 0 Å². The van der Waals surface area contributed by atoms with Crippen LogP contribution in [0.2, 0.25) is 0 Å². The lowest BCUT2D eigenvalue weighted by atomic mass is 9.69. The highest BCUT2D eigenvalue weighted by molar-refractivity contribution is 5.97. The predicted molar refractivity (Wildman–Crippen MR) is 111 cm³/mol. The number of benzene rings is 2. The number of anilines is 1. The minimum absolute atomic E-state index is 0.0525. The molecule has 1 aliphatic rings. The maximum Gasteiger partial charge on any atom is 0.230 e. The SMILES string of the molecule is Cc1nc2ccccc2cc1NC(=O)C1(Cc2ccc(F)cc2)CCCCC1. The van der Waals surface area contributed by atoms with Crippen LogP contribution in [-0.4, -0.2) is 10.9 Å². The van der Waals surface area contributed by atoms with Crippen LogP contribution in [0.3, 0.4) is 0 Å². The molecule has 1 fully saturated rings. The molecule has 3 nitrogen and oxygen atoms in total. The molecule has 28 heavy (non-hydrogen) atoms. The number of nitrogens with zero attached hydrogens (tertiary/aromatic N) is 1. The third kappa shape index (κ3) is 3.77. The quantitative estimate of drug-likeness (QED) is 0.624. The average molecular weight is 376 g/mol. The maximum atomic E-state index is 13.4. The second-order valence-corrected chi connectivity index (χ2v) is 7.91. The van der Waals surface area contributed by atoms with Crippen molar-refractivity contribution < 1.29 is 9.18 Å². The third-order valence-corrected chi connectivity index (χ3v) is 5.91. The summed E-state index contributed by atoms with van der Waals surface area (Å²) in [7, 11) is 0. The van der Waals surface area contributed by atoms with Crippen molar-refractivity contribution in [2.75, 3.05) is 5.32 Å². The van der Waals surface area contributed by atoms with Gasteiger partial charge in [0.15, 0.2) is 0 Å². The van der Waals surface area contributed by atoms with Gasteiger partial charge in [-0.2, -0.15) is 0 Å². The summed E-state index contributed by atoms with van der Waals surface area (Å²) in [5.41, 5.74) is 3.07. The molecule has 1 saturated carbocycles. The maximum absolute atomic E-state index is 13.4. The van der Waals surface area contributed by atoms with Gasteiger partial charge >= 0.3 is 0 Å². The van der Waals surface area contributed by atoms with Gasteiger partial charge in [0.1, 0.15) is 5.82 Å². The molecule has 0 unspecified atom stereocenters. The number of hydrogen-bond acceptors (Lipinski definition) is 2. The smallest absolute Gasteiger partial charge is 0.230 e. The molecule has 4 heteroatoms. The van der Waals surface area contributed by atoms with Crippen molar-refractivity contribution in [3.05, 3.63) is 71.7 Å². The van der Waals surface area contributed by atoms with Crippen molar-refractivity contribution in [2.45, 2.75) is 45.4 Å². The van der Waals surface area contributed by atoms with E-state index in [4.69, 9.17) is 0 Å². The van der Waals surface area contributed by atoms with E-state index in [-0.39, 0.29) is 11.7 Å². The summed E-state index contributed by atoms with van der Waals surface area (Å²) in [6.07, 6.45) is 5.61. The molecule has 0 radical (unpaired) electrons. The first kappa shape index (κ1) is 18.6. The molecule has 1 aromatic heterocycles. The highest BCUT2D eigenvalue weighted by Gasteiger charge is 2.39. The standard InChI is InChI=1S/C24H25FN2O/c1-17-22(15-19-7-3-4-8-21(19)26-17)27-23(28)24(13-5-2-6-14-24)16-18-9-11-20(25)12-10-18/h3-4,7-12,15H,2,5-6,13-14,16H2,1H3,(H,27,28). The molecule has 0 aliphatic heterocycles. The minimum atomic E-state index is -0.450. The number of carbonyl (C=O) groups excluding carboxylic acids is 1. The number of amides is 1. The minimum Gasteiger partial charge on any atom is -0.324 e. The molecule has 0 saturated heterocycles. The first-order valence-electron chi connectivity index (χ1n) is 9.98. The summed E-state index contributed by atoms with van der Waals surface area (Å²) >= 11 is 0. The summed E-state index contributed by atoms with van der Waals surface area (Å²) in [4.78, 5) is 18.1. The zero-order valence-corrected chi connectivity index (χ0v) is 16.2. The molecular weight excluding hydrogens is 351 g/mol. The first-order valence-corrected chi connectivity index (χ1v) is 9.98. The van der Waals surface area contributed by atoms with Crippen LogP contribution in [0.1, 0.15) is 43.4 Å². The summed E-state index contributed by atoms with van der Waals surface area (Å²) in [5.74, 6) is -0.194. The Balaban J connectivity index is 1.62. The molecule has 0 bridgehead atoms. The molecule has 1 amide bonds. The van der Waals surface area contributed by atoms with Gasteiger partial charge in [0.2, 0.25) is 5.91 Å². The van der Waals surface area contributed by atoms with E-state index in [9.17, 15) is 9.18 Å². The van der Waals surface area contributed by atoms with E-state index < -0.39 is 5.41 Å². The predicted octanol–water partition coefficient (Wildman–Crippen LogP) is 5.81. The molecule has 4 rings (SSSR count). The molecule has 0 atom stereocenters. The third-order valence-electron chi connectivity index (χ3n) is 5.91. The highest BCUT2D eigenvalue weighted by atomic mass is 19.1. The van der Waals surface area contributed by atoms with Gasteiger partial charge in [-0.3, -0.25) is 9.78 Å². The van der Waals surface area contributed by atoms with Crippen LogP contribution in [0.15, 0.2) is 54.6 Å². The van der Waals surface area contributed by atoms with Crippen molar-refractivity contribution in [3.63, 3.8) is 0 Å². The van der Waals surface area contributed by atoms with Crippen molar-refractivity contribution >= 4 is 22.5 Å². The lowest BCUT2D eigenvalue weighted by Crippen LogP contribution is -2.40. The number of aryl methyl sites for hydroxylation is 1. The summed E-state index contributed by atoms with van der Waals surface area (Å²) in [5, 5.41) is 4.18. The number of carbonyl (C=O) groups is 1. The topological polar surface area (TPSA) is 42.0 Å².